The smallest absolute Gasteiger partial charge is 0.182 e. The lowest BCUT2D eigenvalue weighted by atomic mass is 10.3. The van der Waals surface area contributed by atoms with Crippen molar-refractivity contribution in [2.24, 2.45) is 0 Å². The molecule has 1 aliphatic heterocycles. The molecule has 0 atom stereocenters. The number of rotatable bonds is 4. The second kappa shape index (κ2) is 5.44. The molecule has 2 heterocycles. The van der Waals surface area contributed by atoms with E-state index < -0.39 is 0 Å². The van der Waals surface area contributed by atoms with E-state index >= 15 is 0 Å². The minimum Gasteiger partial charge on any atom is -0.360 e. The first-order valence-electron chi connectivity index (χ1n) is 5.39. The van der Waals surface area contributed by atoms with Crippen molar-refractivity contribution in [1.29, 1.82) is 0 Å². The fourth-order valence-electron chi connectivity index (χ4n) is 1.70. The normalized spacial score (nSPS) is 19.3. The minimum absolute atomic E-state index is 0.997. The van der Waals surface area contributed by atoms with Gasteiger partial charge in [-0.1, -0.05) is 0 Å². The second-order valence-corrected chi connectivity index (χ2v) is 4.80. The standard InChI is InChI=1S/C10H18N4S/c1-13-5-7-14(8-6-13)4-2-11-10-12-3-9-15-10/h3,9H,2,4-8H2,1H3,(H,11,12). The second-order valence-electron chi connectivity index (χ2n) is 3.91. The predicted octanol–water partition coefficient (Wildman–Crippen LogP) is 0.802. The van der Waals surface area contributed by atoms with Crippen molar-refractivity contribution in [1.82, 2.24) is 14.8 Å². The summed E-state index contributed by atoms with van der Waals surface area (Å²) in [6.45, 7) is 6.88. The highest BCUT2D eigenvalue weighted by molar-refractivity contribution is 7.13. The van der Waals surface area contributed by atoms with Crippen LogP contribution in [0, 0.1) is 0 Å². The molecule has 4 nitrogen and oxygen atoms in total. The third kappa shape index (κ3) is 3.44. The number of nitrogens with zero attached hydrogens (tertiary/aromatic N) is 3. The topological polar surface area (TPSA) is 31.4 Å². The zero-order valence-corrected chi connectivity index (χ0v) is 9.96. The van der Waals surface area contributed by atoms with Gasteiger partial charge in [-0.15, -0.1) is 11.3 Å². The third-order valence-corrected chi connectivity index (χ3v) is 3.46. The van der Waals surface area contributed by atoms with Crippen LogP contribution >= 0.6 is 11.3 Å². The van der Waals surface area contributed by atoms with Crippen LogP contribution in [0.3, 0.4) is 0 Å². The summed E-state index contributed by atoms with van der Waals surface area (Å²) in [6, 6.07) is 0. The first-order chi connectivity index (χ1) is 7.34. The largest absolute Gasteiger partial charge is 0.360 e. The average molecular weight is 226 g/mol. The van der Waals surface area contributed by atoms with Gasteiger partial charge in [-0.05, 0) is 7.05 Å². The maximum absolute atomic E-state index is 4.19. The molecule has 0 spiro atoms. The predicted molar refractivity (Wildman–Crippen MR) is 64.5 cm³/mol. The number of thiazole rings is 1. The monoisotopic (exact) mass is 226 g/mol. The highest BCUT2D eigenvalue weighted by Crippen LogP contribution is 2.09. The van der Waals surface area contributed by atoms with Gasteiger partial charge in [0.25, 0.3) is 0 Å². The summed E-state index contributed by atoms with van der Waals surface area (Å²) in [4.78, 5) is 9.07. The lowest BCUT2D eigenvalue weighted by molar-refractivity contribution is 0.158. The van der Waals surface area contributed by atoms with Crippen LogP contribution in [0.2, 0.25) is 0 Å². The van der Waals surface area contributed by atoms with E-state index in [2.05, 4.69) is 27.1 Å². The summed E-state index contributed by atoms with van der Waals surface area (Å²) < 4.78 is 0. The summed E-state index contributed by atoms with van der Waals surface area (Å²) in [7, 11) is 2.19. The van der Waals surface area contributed by atoms with Gasteiger partial charge in [-0.25, -0.2) is 4.98 Å². The Hall–Kier alpha value is -0.650. The fourth-order valence-corrected chi connectivity index (χ4v) is 2.26. The summed E-state index contributed by atoms with van der Waals surface area (Å²) in [5.41, 5.74) is 0. The van der Waals surface area contributed by atoms with Gasteiger partial charge in [0, 0.05) is 50.8 Å². The molecule has 0 saturated carbocycles. The molecule has 0 aromatic carbocycles. The summed E-state index contributed by atoms with van der Waals surface area (Å²) in [5.74, 6) is 0. The molecule has 1 aromatic rings. The molecule has 1 saturated heterocycles. The van der Waals surface area contributed by atoms with E-state index in [-0.39, 0.29) is 0 Å². The van der Waals surface area contributed by atoms with Gasteiger partial charge >= 0.3 is 0 Å². The molecule has 0 unspecified atom stereocenters. The van der Waals surface area contributed by atoms with Gasteiger partial charge in [0.15, 0.2) is 5.13 Å². The van der Waals surface area contributed by atoms with Crippen molar-refractivity contribution in [2.45, 2.75) is 0 Å². The molecule has 0 aliphatic carbocycles. The van der Waals surface area contributed by atoms with Crippen molar-refractivity contribution >= 4 is 16.5 Å². The molecule has 5 heteroatoms. The van der Waals surface area contributed by atoms with Crippen LogP contribution in [0.25, 0.3) is 0 Å². The van der Waals surface area contributed by atoms with Gasteiger partial charge in [-0.3, -0.25) is 4.90 Å². The Bertz CT molecular complexity index is 267. The van der Waals surface area contributed by atoms with Crippen LogP contribution in [0.4, 0.5) is 5.13 Å². The van der Waals surface area contributed by atoms with E-state index in [0.29, 0.717) is 0 Å². The summed E-state index contributed by atoms with van der Waals surface area (Å²) in [5, 5.41) is 6.37. The molecule has 84 valence electrons. The SMILES string of the molecule is CN1CCN(CCNc2nccs2)CC1. The zero-order chi connectivity index (χ0) is 10.5. The van der Waals surface area contributed by atoms with Crippen LogP contribution in [-0.2, 0) is 0 Å². The van der Waals surface area contributed by atoms with E-state index in [1.165, 1.54) is 26.2 Å². The number of hydrogen-bond acceptors (Lipinski definition) is 5. The molecule has 1 aliphatic rings. The Labute approximate surface area is 94.9 Å². The Morgan fingerprint density at radius 1 is 1.40 bits per heavy atom. The van der Waals surface area contributed by atoms with Gasteiger partial charge in [0.1, 0.15) is 0 Å². The molecule has 0 bridgehead atoms. The number of piperazine rings is 1. The Balaban J connectivity index is 1.62. The van der Waals surface area contributed by atoms with Crippen molar-refractivity contribution in [3.05, 3.63) is 11.6 Å². The molecule has 0 amide bonds. The molecular formula is C10H18N4S. The quantitative estimate of drug-likeness (QED) is 0.823. The van der Waals surface area contributed by atoms with E-state index in [9.17, 15) is 0 Å². The minimum atomic E-state index is 0.997. The van der Waals surface area contributed by atoms with Crippen molar-refractivity contribution in [2.75, 3.05) is 51.6 Å². The number of aromatic nitrogens is 1. The highest BCUT2D eigenvalue weighted by Gasteiger charge is 2.12. The Kier molecular flexibility index (Phi) is 3.94. The van der Waals surface area contributed by atoms with E-state index in [1.54, 1.807) is 11.3 Å². The third-order valence-electron chi connectivity index (χ3n) is 2.73. The molecule has 1 fully saturated rings. The lowest BCUT2D eigenvalue weighted by Crippen LogP contribution is -2.45. The number of likely N-dealkylation sites (N-methyl/N-ethyl adjacent to an activating group) is 1. The summed E-state index contributed by atoms with van der Waals surface area (Å²) in [6.07, 6.45) is 1.84. The number of hydrogen-bond donors (Lipinski definition) is 1. The van der Waals surface area contributed by atoms with Crippen LogP contribution in [0.5, 0.6) is 0 Å². The Morgan fingerprint density at radius 3 is 2.87 bits per heavy atom. The van der Waals surface area contributed by atoms with Gasteiger partial charge < -0.3 is 10.2 Å². The number of nitrogens with one attached hydrogen (secondary N) is 1. The molecule has 1 aromatic heterocycles. The van der Waals surface area contributed by atoms with Crippen molar-refractivity contribution < 1.29 is 0 Å². The fraction of sp³-hybridized carbons (Fsp3) is 0.700. The first kappa shape index (κ1) is 10.9. The Morgan fingerprint density at radius 2 is 2.20 bits per heavy atom. The average Bonchev–Trinajstić information content (AvgIpc) is 2.74. The number of anilines is 1. The molecule has 15 heavy (non-hydrogen) atoms. The van der Waals surface area contributed by atoms with Crippen molar-refractivity contribution in [3.63, 3.8) is 0 Å². The maximum Gasteiger partial charge on any atom is 0.182 e. The van der Waals surface area contributed by atoms with Gasteiger partial charge in [-0.2, -0.15) is 0 Å². The van der Waals surface area contributed by atoms with E-state index in [4.69, 9.17) is 0 Å². The van der Waals surface area contributed by atoms with Gasteiger partial charge in [0.2, 0.25) is 0 Å². The zero-order valence-electron chi connectivity index (χ0n) is 9.15. The summed E-state index contributed by atoms with van der Waals surface area (Å²) >= 11 is 1.66. The van der Waals surface area contributed by atoms with E-state index in [1.807, 2.05) is 11.6 Å². The molecule has 2 rings (SSSR count). The van der Waals surface area contributed by atoms with Gasteiger partial charge in [0.05, 0.1) is 0 Å². The van der Waals surface area contributed by atoms with Crippen LogP contribution in [0.15, 0.2) is 11.6 Å². The van der Waals surface area contributed by atoms with E-state index in [0.717, 1.165) is 18.2 Å². The maximum atomic E-state index is 4.19. The molecule has 0 radical (unpaired) electrons. The van der Waals surface area contributed by atoms with Crippen LogP contribution in [0.1, 0.15) is 0 Å². The van der Waals surface area contributed by atoms with Crippen LogP contribution < -0.4 is 5.32 Å². The van der Waals surface area contributed by atoms with Crippen LogP contribution in [-0.4, -0.2) is 61.1 Å². The van der Waals surface area contributed by atoms with Crippen molar-refractivity contribution in [3.8, 4) is 0 Å². The molecular weight excluding hydrogens is 208 g/mol. The highest BCUT2D eigenvalue weighted by atomic mass is 32.1. The lowest BCUT2D eigenvalue weighted by Gasteiger charge is -2.32. The molecule has 1 N–H and O–H groups in total. The first-order valence-corrected chi connectivity index (χ1v) is 6.27.